The van der Waals surface area contributed by atoms with Crippen molar-refractivity contribution < 1.29 is 64.4 Å². The number of methoxy groups -OCH3 is 1. The van der Waals surface area contributed by atoms with Gasteiger partial charge >= 0.3 is 30.4 Å². The largest absolute Gasteiger partial charge is 0.481 e. The number of benzene rings is 2. The lowest BCUT2D eigenvalue weighted by atomic mass is 9.75. The van der Waals surface area contributed by atoms with Crippen LogP contribution < -0.4 is 0 Å². The first-order valence-electron chi connectivity index (χ1n) is 14.5. The van der Waals surface area contributed by atoms with Gasteiger partial charge in [0.2, 0.25) is 0 Å². The molecule has 15 heteroatoms. The Hall–Kier alpha value is -3.88. The zero-order valence-electron chi connectivity index (χ0n) is 26.5. The molecule has 1 fully saturated rings. The van der Waals surface area contributed by atoms with E-state index in [4.69, 9.17) is 14.2 Å². The summed E-state index contributed by atoms with van der Waals surface area (Å²) >= 11 is 0. The second-order valence-electron chi connectivity index (χ2n) is 12.8. The summed E-state index contributed by atoms with van der Waals surface area (Å²) in [6, 6.07) is 4.87. The van der Waals surface area contributed by atoms with Crippen molar-refractivity contribution in [3.05, 3.63) is 70.5 Å². The van der Waals surface area contributed by atoms with Gasteiger partial charge in [0.25, 0.3) is 0 Å². The number of carboxylic acid groups (broad SMARTS) is 1. The molecule has 0 saturated carbocycles. The quantitative estimate of drug-likeness (QED) is 0.214. The van der Waals surface area contributed by atoms with Crippen molar-refractivity contribution >= 4 is 18.0 Å². The number of carboxylic acids is 1. The van der Waals surface area contributed by atoms with E-state index in [1.807, 2.05) is 0 Å². The zero-order chi connectivity index (χ0) is 35.7. The van der Waals surface area contributed by atoms with E-state index < -0.39 is 94.5 Å². The molecule has 0 spiro atoms. The first-order chi connectivity index (χ1) is 21.4. The van der Waals surface area contributed by atoms with Gasteiger partial charge in [-0.1, -0.05) is 12.1 Å². The smallest absolute Gasteiger partial charge is 0.416 e. The van der Waals surface area contributed by atoms with E-state index in [0.29, 0.717) is 17.7 Å². The van der Waals surface area contributed by atoms with Crippen molar-refractivity contribution in [1.82, 2.24) is 4.90 Å². The predicted octanol–water partition coefficient (Wildman–Crippen LogP) is 7.76. The molecule has 1 saturated heterocycles. The number of esters is 1. The number of carbonyl (C=O) groups excluding carboxylic acids is 2. The first kappa shape index (κ1) is 37.6. The fourth-order valence-corrected chi connectivity index (χ4v) is 5.73. The number of alkyl halides is 6. The molecule has 0 aliphatic carbocycles. The van der Waals surface area contributed by atoms with Gasteiger partial charge in [0.15, 0.2) is 0 Å². The van der Waals surface area contributed by atoms with Crippen LogP contribution in [0.3, 0.4) is 0 Å². The standard InChI is InChI=1S/C32H36F7NO7/c1-17(19-11-20(31(34,35)36)13-21(12-19)32(37,38)39)46-24-16-40(28(44)47-29(2,3)4)23(26(24)18-7-9-22(33)10-8-18)14-30(5,15-25(41)42)27(43)45-6/h7-13,17,23-24,26H,14-16H2,1-6H3,(H,41,42)/t17-,23+,24+,26+,30?/m1/s1. The SMILES string of the molecule is COC(=O)C(C)(CC(=O)O)C[C@H]1[C@H](c2ccc(F)cc2)[C@@H](O[C@H](C)c2cc(C(F)(F)F)cc(C(F)(F)F)c2)CN1C(=O)OC(C)(C)C. The van der Waals surface area contributed by atoms with Gasteiger partial charge in [-0.3, -0.25) is 9.59 Å². The number of amides is 1. The number of hydrogen-bond acceptors (Lipinski definition) is 6. The number of rotatable bonds is 9. The van der Waals surface area contributed by atoms with Crippen LogP contribution in [-0.4, -0.2) is 59.4 Å². The van der Waals surface area contributed by atoms with Crippen LogP contribution >= 0.6 is 0 Å². The van der Waals surface area contributed by atoms with E-state index in [1.54, 1.807) is 20.8 Å². The number of hydrogen-bond donors (Lipinski definition) is 1. The summed E-state index contributed by atoms with van der Waals surface area (Å²) in [5, 5.41) is 9.63. The average molecular weight is 680 g/mol. The number of aliphatic carboxylic acids is 1. The van der Waals surface area contributed by atoms with E-state index in [1.165, 1.54) is 30.9 Å². The van der Waals surface area contributed by atoms with Crippen molar-refractivity contribution in [3.8, 4) is 0 Å². The maximum Gasteiger partial charge on any atom is 0.416 e. The van der Waals surface area contributed by atoms with Crippen molar-refractivity contribution in [2.45, 2.75) is 89.6 Å². The van der Waals surface area contributed by atoms with Crippen molar-refractivity contribution in [1.29, 1.82) is 0 Å². The summed E-state index contributed by atoms with van der Waals surface area (Å²) in [7, 11) is 1.05. The molecule has 2 aromatic rings. The maximum absolute atomic E-state index is 14.0. The Morgan fingerprint density at radius 2 is 1.47 bits per heavy atom. The Bertz CT molecular complexity index is 1420. The van der Waals surface area contributed by atoms with Crippen molar-refractivity contribution in [2.75, 3.05) is 13.7 Å². The topological polar surface area (TPSA) is 102 Å². The molecule has 5 atom stereocenters. The van der Waals surface area contributed by atoms with Crippen LogP contribution in [-0.2, 0) is 36.2 Å². The van der Waals surface area contributed by atoms with Crippen LogP contribution in [0, 0.1) is 11.2 Å². The van der Waals surface area contributed by atoms with Crippen molar-refractivity contribution in [3.63, 3.8) is 0 Å². The van der Waals surface area contributed by atoms with Gasteiger partial charge in [0.05, 0.1) is 48.8 Å². The molecule has 1 aliphatic heterocycles. The highest BCUT2D eigenvalue weighted by atomic mass is 19.4. The number of ether oxygens (including phenoxy) is 3. The zero-order valence-corrected chi connectivity index (χ0v) is 26.5. The van der Waals surface area contributed by atoms with E-state index in [9.17, 15) is 50.2 Å². The monoisotopic (exact) mass is 679 g/mol. The number of likely N-dealkylation sites (tertiary alicyclic amines) is 1. The third-order valence-electron chi connectivity index (χ3n) is 7.81. The molecule has 1 aliphatic rings. The normalized spacial score (nSPS) is 20.8. The lowest BCUT2D eigenvalue weighted by Gasteiger charge is -2.36. The Balaban J connectivity index is 2.18. The molecule has 3 rings (SSSR count). The molecule has 0 radical (unpaired) electrons. The highest BCUT2D eigenvalue weighted by Gasteiger charge is 2.52. The summed E-state index contributed by atoms with van der Waals surface area (Å²) in [5.74, 6) is -3.89. The summed E-state index contributed by atoms with van der Waals surface area (Å²) < 4.78 is 112. The lowest BCUT2D eigenvalue weighted by Crippen LogP contribution is -2.45. The second kappa shape index (κ2) is 13.7. The molecule has 1 heterocycles. The van der Waals surface area contributed by atoms with Crippen LogP contribution in [0.15, 0.2) is 42.5 Å². The highest BCUT2D eigenvalue weighted by molar-refractivity contribution is 5.82. The van der Waals surface area contributed by atoms with Gasteiger partial charge < -0.3 is 24.2 Å². The van der Waals surface area contributed by atoms with E-state index in [-0.39, 0.29) is 19.0 Å². The Labute approximate surface area is 266 Å². The summed E-state index contributed by atoms with van der Waals surface area (Å²) in [6.45, 7) is 6.97. The van der Waals surface area contributed by atoms with Crippen LogP contribution in [0.2, 0.25) is 0 Å². The highest BCUT2D eigenvalue weighted by Crippen LogP contribution is 2.45. The summed E-state index contributed by atoms with van der Waals surface area (Å²) in [5.41, 5.74) is -5.97. The Morgan fingerprint density at radius 3 is 1.91 bits per heavy atom. The van der Waals surface area contributed by atoms with Gasteiger partial charge in [0.1, 0.15) is 11.4 Å². The molecule has 0 aromatic heterocycles. The van der Waals surface area contributed by atoms with Gasteiger partial charge in [-0.25, -0.2) is 9.18 Å². The summed E-state index contributed by atoms with van der Waals surface area (Å²) in [4.78, 5) is 39.5. The van der Waals surface area contributed by atoms with Crippen molar-refractivity contribution in [2.24, 2.45) is 5.41 Å². The minimum atomic E-state index is -5.11. The molecular weight excluding hydrogens is 643 g/mol. The minimum Gasteiger partial charge on any atom is -0.481 e. The van der Waals surface area contributed by atoms with Crippen LogP contribution in [0.4, 0.5) is 35.5 Å². The van der Waals surface area contributed by atoms with Gasteiger partial charge in [-0.2, -0.15) is 26.3 Å². The molecule has 8 nitrogen and oxygen atoms in total. The van der Waals surface area contributed by atoms with E-state index in [2.05, 4.69) is 0 Å². The number of halogens is 7. The average Bonchev–Trinajstić information content (AvgIpc) is 3.27. The molecule has 1 N–H and O–H groups in total. The van der Waals surface area contributed by atoms with E-state index in [0.717, 1.165) is 19.2 Å². The molecule has 47 heavy (non-hydrogen) atoms. The molecule has 2 aromatic carbocycles. The van der Waals surface area contributed by atoms with Gasteiger partial charge in [-0.15, -0.1) is 0 Å². The Morgan fingerprint density at radius 1 is 0.936 bits per heavy atom. The van der Waals surface area contributed by atoms with Crippen LogP contribution in [0.25, 0.3) is 0 Å². The maximum atomic E-state index is 14.0. The van der Waals surface area contributed by atoms with Crippen LogP contribution in [0.1, 0.15) is 81.7 Å². The van der Waals surface area contributed by atoms with Gasteiger partial charge in [-0.05, 0) is 82.5 Å². The molecule has 0 bridgehead atoms. The fourth-order valence-electron chi connectivity index (χ4n) is 5.73. The first-order valence-corrected chi connectivity index (χ1v) is 14.5. The third kappa shape index (κ3) is 9.36. The third-order valence-corrected chi connectivity index (χ3v) is 7.81. The Kier molecular flexibility index (Phi) is 10.9. The second-order valence-corrected chi connectivity index (χ2v) is 12.8. The summed E-state index contributed by atoms with van der Waals surface area (Å²) in [6.07, 6.45) is -14.8. The van der Waals surface area contributed by atoms with E-state index >= 15 is 0 Å². The van der Waals surface area contributed by atoms with Gasteiger partial charge in [0, 0.05) is 12.0 Å². The molecule has 260 valence electrons. The molecule has 1 amide bonds. The number of nitrogens with zero attached hydrogens (tertiary/aromatic N) is 1. The molecular formula is C32H36F7NO7. The predicted molar refractivity (Wildman–Crippen MR) is 153 cm³/mol. The lowest BCUT2D eigenvalue weighted by molar-refractivity contribution is -0.158. The molecule has 1 unspecified atom stereocenters. The minimum absolute atomic E-state index is 0.0104. The fraction of sp³-hybridized carbons (Fsp3) is 0.531. The number of carbonyl (C=O) groups is 3. The van der Waals surface area contributed by atoms with Crippen LogP contribution in [0.5, 0.6) is 0 Å².